The summed E-state index contributed by atoms with van der Waals surface area (Å²) in [5, 5.41) is 8.37. The summed E-state index contributed by atoms with van der Waals surface area (Å²) in [7, 11) is 2.08. The van der Waals surface area contributed by atoms with Crippen LogP contribution in [0.15, 0.2) is 0 Å². The molecule has 2 rings (SSSR count). The predicted octanol–water partition coefficient (Wildman–Crippen LogP) is 2.19. The van der Waals surface area contributed by atoms with Gasteiger partial charge in [0.1, 0.15) is 5.01 Å². The SMILES string of the molecule is CCC1CNCCC1(NC)c1nc(C)c(C)s1. The minimum Gasteiger partial charge on any atom is -0.316 e. The van der Waals surface area contributed by atoms with Gasteiger partial charge in [-0.3, -0.25) is 0 Å². The first-order valence-corrected chi connectivity index (χ1v) is 7.29. The van der Waals surface area contributed by atoms with Crippen molar-refractivity contribution in [1.29, 1.82) is 0 Å². The van der Waals surface area contributed by atoms with E-state index >= 15 is 0 Å². The van der Waals surface area contributed by atoms with Gasteiger partial charge in [0.05, 0.1) is 11.2 Å². The van der Waals surface area contributed by atoms with Gasteiger partial charge in [0.2, 0.25) is 0 Å². The molecule has 1 aromatic heterocycles. The van der Waals surface area contributed by atoms with Crippen molar-refractivity contribution in [3.8, 4) is 0 Å². The quantitative estimate of drug-likeness (QED) is 0.867. The molecule has 2 N–H and O–H groups in total. The van der Waals surface area contributed by atoms with Gasteiger partial charge < -0.3 is 10.6 Å². The van der Waals surface area contributed by atoms with Gasteiger partial charge in [-0.2, -0.15) is 0 Å². The maximum absolute atomic E-state index is 4.80. The average Bonchev–Trinajstić information content (AvgIpc) is 2.69. The highest BCUT2D eigenvalue weighted by atomic mass is 32.1. The number of piperidine rings is 1. The van der Waals surface area contributed by atoms with Crippen molar-refractivity contribution < 1.29 is 0 Å². The van der Waals surface area contributed by atoms with Crippen molar-refractivity contribution in [3.63, 3.8) is 0 Å². The zero-order chi connectivity index (χ0) is 12.5. The second kappa shape index (κ2) is 5.04. The summed E-state index contributed by atoms with van der Waals surface area (Å²) in [6.45, 7) is 8.73. The van der Waals surface area contributed by atoms with Crippen molar-refractivity contribution in [2.24, 2.45) is 5.92 Å². The van der Waals surface area contributed by atoms with Crippen molar-refractivity contribution in [3.05, 3.63) is 15.6 Å². The molecule has 0 spiro atoms. The first kappa shape index (κ1) is 13.0. The van der Waals surface area contributed by atoms with Gasteiger partial charge >= 0.3 is 0 Å². The Bertz CT molecular complexity index is 369. The maximum Gasteiger partial charge on any atom is 0.114 e. The summed E-state index contributed by atoms with van der Waals surface area (Å²) in [6, 6.07) is 0. The Balaban J connectivity index is 2.40. The number of hydrogen-bond donors (Lipinski definition) is 2. The number of rotatable bonds is 3. The number of nitrogens with zero attached hydrogens (tertiary/aromatic N) is 1. The van der Waals surface area contributed by atoms with E-state index in [-0.39, 0.29) is 5.54 Å². The molecule has 1 aliphatic heterocycles. The molecule has 1 aromatic rings. The van der Waals surface area contributed by atoms with Crippen LogP contribution in [0, 0.1) is 19.8 Å². The van der Waals surface area contributed by atoms with Gasteiger partial charge in [0.15, 0.2) is 0 Å². The molecular formula is C13H23N3S. The Morgan fingerprint density at radius 3 is 2.82 bits per heavy atom. The highest BCUT2D eigenvalue weighted by Crippen LogP contribution is 2.39. The lowest BCUT2D eigenvalue weighted by atomic mass is 9.77. The van der Waals surface area contributed by atoms with Crippen molar-refractivity contribution in [2.45, 2.75) is 39.2 Å². The lowest BCUT2D eigenvalue weighted by Crippen LogP contribution is -2.55. The average molecular weight is 253 g/mol. The number of nitrogens with one attached hydrogen (secondary N) is 2. The van der Waals surface area contributed by atoms with Gasteiger partial charge in [0.25, 0.3) is 0 Å². The molecular weight excluding hydrogens is 230 g/mol. The van der Waals surface area contributed by atoms with Gasteiger partial charge in [0, 0.05) is 11.4 Å². The monoisotopic (exact) mass is 253 g/mol. The molecule has 3 nitrogen and oxygen atoms in total. The van der Waals surface area contributed by atoms with Crippen LogP contribution in [0.25, 0.3) is 0 Å². The second-order valence-electron chi connectivity index (χ2n) is 4.94. The summed E-state index contributed by atoms with van der Waals surface area (Å²) in [5.41, 5.74) is 1.27. The van der Waals surface area contributed by atoms with Crippen LogP contribution in [-0.2, 0) is 5.54 Å². The van der Waals surface area contributed by atoms with E-state index in [0.717, 1.165) is 19.5 Å². The van der Waals surface area contributed by atoms with Crippen molar-refractivity contribution in [1.82, 2.24) is 15.6 Å². The summed E-state index contributed by atoms with van der Waals surface area (Å²) < 4.78 is 0. The summed E-state index contributed by atoms with van der Waals surface area (Å²) >= 11 is 1.86. The van der Waals surface area contributed by atoms with Crippen LogP contribution in [0.5, 0.6) is 0 Å². The third-order valence-corrected chi connectivity index (χ3v) is 5.38. The van der Waals surface area contributed by atoms with Crippen LogP contribution in [0.2, 0.25) is 0 Å². The van der Waals surface area contributed by atoms with Crippen LogP contribution in [-0.4, -0.2) is 25.1 Å². The van der Waals surface area contributed by atoms with E-state index in [4.69, 9.17) is 4.98 Å². The molecule has 2 unspecified atom stereocenters. The molecule has 2 atom stereocenters. The molecule has 1 saturated heterocycles. The number of aryl methyl sites for hydroxylation is 2. The molecule has 0 aliphatic carbocycles. The summed E-state index contributed by atoms with van der Waals surface area (Å²) in [6.07, 6.45) is 2.32. The minimum absolute atomic E-state index is 0.0870. The van der Waals surface area contributed by atoms with Crippen LogP contribution < -0.4 is 10.6 Å². The number of aromatic nitrogens is 1. The van der Waals surface area contributed by atoms with E-state index in [0.29, 0.717) is 5.92 Å². The maximum atomic E-state index is 4.80. The number of hydrogen-bond acceptors (Lipinski definition) is 4. The fourth-order valence-electron chi connectivity index (χ4n) is 2.81. The van der Waals surface area contributed by atoms with Crippen molar-refractivity contribution in [2.75, 3.05) is 20.1 Å². The van der Waals surface area contributed by atoms with E-state index in [9.17, 15) is 0 Å². The Morgan fingerprint density at radius 2 is 2.29 bits per heavy atom. The molecule has 1 aliphatic rings. The Labute approximate surface area is 108 Å². The lowest BCUT2D eigenvalue weighted by Gasteiger charge is -2.42. The van der Waals surface area contributed by atoms with E-state index in [2.05, 4.69) is 38.5 Å². The Kier molecular flexibility index (Phi) is 3.85. The lowest BCUT2D eigenvalue weighted by molar-refractivity contribution is 0.160. The molecule has 17 heavy (non-hydrogen) atoms. The third-order valence-electron chi connectivity index (χ3n) is 4.13. The van der Waals surface area contributed by atoms with E-state index in [1.165, 1.54) is 22.0 Å². The van der Waals surface area contributed by atoms with E-state index in [1.807, 2.05) is 11.3 Å². The van der Waals surface area contributed by atoms with Gasteiger partial charge in [-0.05, 0) is 46.2 Å². The molecule has 2 heterocycles. The summed E-state index contributed by atoms with van der Waals surface area (Å²) in [4.78, 5) is 6.15. The normalized spacial score (nSPS) is 29.5. The van der Waals surface area contributed by atoms with E-state index in [1.54, 1.807) is 0 Å². The van der Waals surface area contributed by atoms with Crippen LogP contribution >= 0.6 is 11.3 Å². The fraction of sp³-hybridized carbons (Fsp3) is 0.769. The van der Waals surface area contributed by atoms with Crippen molar-refractivity contribution >= 4 is 11.3 Å². The summed E-state index contributed by atoms with van der Waals surface area (Å²) in [5.74, 6) is 0.631. The zero-order valence-electron chi connectivity index (χ0n) is 11.3. The second-order valence-corrected chi connectivity index (χ2v) is 6.14. The molecule has 4 heteroatoms. The standard InChI is InChI=1S/C13H23N3S/c1-5-11-8-15-7-6-13(11,14-4)12-16-9(2)10(3)17-12/h11,14-15H,5-8H2,1-4H3. The van der Waals surface area contributed by atoms with Crippen LogP contribution in [0.3, 0.4) is 0 Å². The Hall–Kier alpha value is -0.450. The van der Waals surface area contributed by atoms with Gasteiger partial charge in [-0.1, -0.05) is 6.92 Å². The first-order valence-electron chi connectivity index (χ1n) is 6.48. The Morgan fingerprint density at radius 1 is 1.53 bits per heavy atom. The topological polar surface area (TPSA) is 37.0 Å². The van der Waals surface area contributed by atoms with Crippen LogP contribution in [0.1, 0.15) is 35.3 Å². The first-order chi connectivity index (χ1) is 8.14. The fourth-order valence-corrected chi connectivity index (χ4v) is 4.03. The van der Waals surface area contributed by atoms with E-state index < -0.39 is 0 Å². The largest absolute Gasteiger partial charge is 0.316 e. The highest BCUT2D eigenvalue weighted by Gasteiger charge is 2.42. The molecule has 0 bridgehead atoms. The molecule has 96 valence electrons. The molecule has 0 saturated carbocycles. The third kappa shape index (κ3) is 2.14. The number of thiazole rings is 1. The smallest absolute Gasteiger partial charge is 0.114 e. The highest BCUT2D eigenvalue weighted by molar-refractivity contribution is 7.11. The molecule has 0 amide bonds. The molecule has 1 fully saturated rings. The van der Waals surface area contributed by atoms with Gasteiger partial charge in [-0.15, -0.1) is 11.3 Å². The van der Waals surface area contributed by atoms with Gasteiger partial charge in [-0.25, -0.2) is 4.98 Å². The zero-order valence-corrected chi connectivity index (χ0v) is 12.1. The molecule has 0 aromatic carbocycles. The van der Waals surface area contributed by atoms with Crippen LogP contribution in [0.4, 0.5) is 0 Å². The molecule has 0 radical (unpaired) electrons. The minimum atomic E-state index is 0.0870. The predicted molar refractivity (Wildman–Crippen MR) is 73.6 cm³/mol.